The number of hydrogen-bond donors (Lipinski definition) is 1. The van der Waals surface area contributed by atoms with Gasteiger partial charge in [-0.25, -0.2) is 4.98 Å². The number of rotatable bonds is 6. The van der Waals surface area contributed by atoms with Gasteiger partial charge in [0.25, 0.3) is 0 Å². The van der Waals surface area contributed by atoms with E-state index >= 15 is 0 Å². The van der Waals surface area contributed by atoms with E-state index in [0.717, 1.165) is 30.0 Å². The van der Waals surface area contributed by atoms with Gasteiger partial charge in [0.05, 0.1) is 6.54 Å². The van der Waals surface area contributed by atoms with Crippen molar-refractivity contribution in [3.05, 3.63) is 45.8 Å². The number of thiophene rings is 1. The maximum Gasteiger partial charge on any atom is 0.129 e. The molecule has 0 saturated carbocycles. The molecule has 0 spiro atoms. The smallest absolute Gasteiger partial charge is 0.129 e. The van der Waals surface area contributed by atoms with Crippen LogP contribution in [0.2, 0.25) is 0 Å². The monoisotopic (exact) mass is 289 g/mol. The number of anilines is 1. The van der Waals surface area contributed by atoms with Crippen LogP contribution in [0.15, 0.2) is 29.6 Å². The van der Waals surface area contributed by atoms with Crippen LogP contribution in [0.25, 0.3) is 0 Å². The van der Waals surface area contributed by atoms with E-state index in [1.807, 2.05) is 0 Å². The van der Waals surface area contributed by atoms with Gasteiger partial charge < -0.3 is 10.6 Å². The van der Waals surface area contributed by atoms with Crippen LogP contribution in [0.5, 0.6) is 0 Å². The van der Waals surface area contributed by atoms with E-state index in [2.05, 4.69) is 55.3 Å². The van der Waals surface area contributed by atoms with Crippen molar-refractivity contribution in [3.8, 4) is 0 Å². The van der Waals surface area contributed by atoms with Crippen LogP contribution < -0.4 is 10.6 Å². The third-order valence-corrected chi connectivity index (χ3v) is 4.21. The van der Waals surface area contributed by atoms with E-state index in [-0.39, 0.29) is 0 Å². The third-order valence-electron chi connectivity index (χ3n) is 3.35. The SMILES string of the molecule is CCc1cc(CN)cc(N(Cc2cccs2)C(C)C)n1. The molecule has 2 N–H and O–H groups in total. The molecular formula is C16H23N3S. The Bertz CT molecular complexity index is 512. The number of hydrogen-bond acceptors (Lipinski definition) is 4. The van der Waals surface area contributed by atoms with E-state index < -0.39 is 0 Å². The Kier molecular flexibility index (Phi) is 5.15. The van der Waals surface area contributed by atoms with E-state index in [9.17, 15) is 0 Å². The average molecular weight is 289 g/mol. The lowest BCUT2D eigenvalue weighted by Gasteiger charge is -2.28. The van der Waals surface area contributed by atoms with Gasteiger partial charge in [0.1, 0.15) is 5.82 Å². The molecule has 0 bridgehead atoms. The summed E-state index contributed by atoms with van der Waals surface area (Å²) in [5.41, 5.74) is 8.08. The number of nitrogens with two attached hydrogens (primary N) is 1. The summed E-state index contributed by atoms with van der Waals surface area (Å²) >= 11 is 1.79. The molecular weight excluding hydrogens is 266 g/mol. The molecule has 0 aliphatic rings. The number of aromatic nitrogens is 1. The molecule has 2 aromatic heterocycles. The van der Waals surface area contributed by atoms with Gasteiger partial charge >= 0.3 is 0 Å². The molecule has 2 heterocycles. The molecule has 0 radical (unpaired) electrons. The quantitative estimate of drug-likeness (QED) is 0.884. The highest BCUT2D eigenvalue weighted by atomic mass is 32.1. The second kappa shape index (κ2) is 6.86. The van der Waals surface area contributed by atoms with Crippen molar-refractivity contribution in [1.29, 1.82) is 0 Å². The van der Waals surface area contributed by atoms with E-state index in [4.69, 9.17) is 10.7 Å². The van der Waals surface area contributed by atoms with Crippen LogP contribution in [0.1, 0.15) is 36.9 Å². The minimum absolute atomic E-state index is 0.405. The lowest BCUT2D eigenvalue weighted by atomic mass is 10.1. The normalized spacial score (nSPS) is 11.1. The first kappa shape index (κ1) is 15.0. The fourth-order valence-electron chi connectivity index (χ4n) is 2.18. The van der Waals surface area contributed by atoms with Crippen LogP contribution in [-0.2, 0) is 19.5 Å². The van der Waals surface area contributed by atoms with Crippen LogP contribution >= 0.6 is 11.3 Å². The standard InChI is InChI=1S/C16H23N3S/c1-4-14-8-13(10-17)9-16(18-14)19(12(2)3)11-15-6-5-7-20-15/h5-9,12H,4,10-11,17H2,1-3H3. The van der Waals surface area contributed by atoms with Gasteiger partial charge in [-0.3, -0.25) is 0 Å². The Morgan fingerprint density at radius 2 is 2.15 bits per heavy atom. The Labute approximate surface area is 125 Å². The number of aryl methyl sites for hydroxylation is 1. The highest BCUT2D eigenvalue weighted by Crippen LogP contribution is 2.22. The van der Waals surface area contributed by atoms with E-state index in [1.165, 1.54) is 4.88 Å². The van der Waals surface area contributed by atoms with Crippen molar-refractivity contribution in [2.75, 3.05) is 4.90 Å². The van der Waals surface area contributed by atoms with Gasteiger partial charge in [-0.05, 0) is 49.4 Å². The van der Waals surface area contributed by atoms with Crippen molar-refractivity contribution in [1.82, 2.24) is 4.98 Å². The van der Waals surface area contributed by atoms with Crippen LogP contribution in [-0.4, -0.2) is 11.0 Å². The molecule has 108 valence electrons. The van der Waals surface area contributed by atoms with Crippen molar-refractivity contribution in [2.24, 2.45) is 5.73 Å². The topological polar surface area (TPSA) is 42.1 Å². The van der Waals surface area contributed by atoms with E-state index in [1.54, 1.807) is 11.3 Å². The minimum atomic E-state index is 0.405. The highest BCUT2D eigenvalue weighted by Gasteiger charge is 2.14. The van der Waals surface area contributed by atoms with Crippen LogP contribution in [0.4, 0.5) is 5.82 Å². The van der Waals surface area contributed by atoms with Gasteiger partial charge in [-0.2, -0.15) is 0 Å². The first-order valence-corrected chi connectivity index (χ1v) is 8.01. The average Bonchev–Trinajstić information content (AvgIpc) is 2.96. The van der Waals surface area contributed by atoms with Gasteiger partial charge in [0.15, 0.2) is 0 Å². The van der Waals surface area contributed by atoms with Crippen molar-refractivity contribution >= 4 is 17.2 Å². The Balaban J connectivity index is 2.33. The lowest BCUT2D eigenvalue weighted by Crippen LogP contribution is -2.31. The molecule has 4 heteroatoms. The third kappa shape index (κ3) is 3.58. The molecule has 3 nitrogen and oxygen atoms in total. The first-order valence-electron chi connectivity index (χ1n) is 7.13. The molecule has 0 amide bonds. The molecule has 2 rings (SSSR count). The van der Waals surface area contributed by atoms with Crippen molar-refractivity contribution in [3.63, 3.8) is 0 Å². The summed E-state index contributed by atoms with van der Waals surface area (Å²) in [6.45, 7) is 8.00. The summed E-state index contributed by atoms with van der Waals surface area (Å²) in [4.78, 5) is 8.47. The van der Waals surface area contributed by atoms with Gasteiger partial charge in [0, 0.05) is 23.2 Å². The molecule has 2 aromatic rings. The molecule has 20 heavy (non-hydrogen) atoms. The van der Waals surface area contributed by atoms with Crippen LogP contribution in [0.3, 0.4) is 0 Å². The Morgan fingerprint density at radius 1 is 1.35 bits per heavy atom. The summed E-state index contributed by atoms with van der Waals surface area (Å²) < 4.78 is 0. The summed E-state index contributed by atoms with van der Waals surface area (Å²) in [5, 5.41) is 2.12. The van der Waals surface area contributed by atoms with E-state index in [0.29, 0.717) is 12.6 Å². The fraction of sp³-hybridized carbons (Fsp3) is 0.438. The van der Waals surface area contributed by atoms with Gasteiger partial charge in [-0.1, -0.05) is 13.0 Å². The molecule has 0 aliphatic heterocycles. The van der Waals surface area contributed by atoms with Gasteiger partial charge in [0.2, 0.25) is 0 Å². The molecule has 0 atom stereocenters. The molecule has 0 saturated heterocycles. The van der Waals surface area contributed by atoms with Crippen molar-refractivity contribution in [2.45, 2.75) is 46.3 Å². The number of pyridine rings is 1. The molecule has 0 aromatic carbocycles. The molecule has 0 aliphatic carbocycles. The zero-order valence-electron chi connectivity index (χ0n) is 12.5. The second-order valence-electron chi connectivity index (χ2n) is 5.18. The Morgan fingerprint density at radius 3 is 2.70 bits per heavy atom. The minimum Gasteiger partial charge on any atom is -0.349 e. The summed E-state index contributed by atoms with van der Waals surface area (Å²) in [6, 6.07) is 8.90. The van der Waals surface area contributed by atoms with Crippen LogP contribution in [0, 0.1) is 0 Å². The maximum atomic E-state index is 5.81. The van der Waals surface area contributed by atoms with Crippen molar-refractivity contribution < 1.29 is 0 Å². The summed E-state index contributed by atoms with van der Waals surface area (Å²) in [7, 11) is 0. The first-order chi connectivity index (χ1) is 9.63. The predicted octanol–water partition coefficient (Wildman–Crippen LogP) is 3.58. The molecule has 0 fully saturated rings. The summed E-state index contributed by atoms with van der Waals surface area (Å²) in [5.74, 6) is 1.04. The highest BCUT2D eigenvalue weighted by molar-refractivity contribution is 7.09. The Hall–Kier alpha value is -1.39. The zero-order valence-corrected chi connectivity index (χ0v) is 13.3. The second-order valence-corrected chi connectivity index (χ2v) is 6.22. The lowest BCUT2D eigenvalue weighted by molar-refractivity contribution is 0.674. The largest absolute Gasteiger partial charge is 0.349 e. The number of nitrogens with zero attached hydrogens (tertiary/aromatic N) is 2. The maximum absolute atomic E-state index is 5.81. The fourth-order valence-corrected chi connectivity index (χ4v) is 2.88. The van der Waals surface area contributed by atoms with Gasteiger partial charge in [-0.15, -0.1) is 11.3 Å². The molecule has 0 unspecified atom stereocenters. The summed E-state index contributed by atoms with van der Waals surface area (Å²) in [6.07, 6.45) is 0.936. The zero-order chi connectivity index (χ0) is 14.5. The predicted molar refractivity (Wildman–Crippen MR) is 87.1 cm³/mol.